The molecule has 4 rings (SSSR count). The Morgan fingerprint density at radius 3 is 2.32 bits per heavy atom. The summed E-state index contributed by atoms with van der Waals surface area (Å²) in [5.41, 5.74) is 6.61. The first-order chi connectivity index (χ1) is 19.3. The fraction of sp³-hybridized carbons (Fsp3) is 0.400. The molecule has 3 aliphatic rings. The topological polar surface area (TPSA) is 91.0 Å². The van der Waals surface area contributed by atoms with Gasteiger partial charge in [-0.05, 0) is 23.2 Å². The van der Waals surface area contributed by atoms with Crippen molar-refractivity contribution in [3.8, 4) is 0 Å². The molecule has 0 saturated carbocycles. The van der Waals surface area contributed by atoms with E-state index >= 15 is 4.39 Å². The number of nitrogens with zero attached hydrogens (tertiary/aromatic N) is 2. The highest BCUT2D eigenvalue weighted by Crippen LogP contribution is 2.35. The summed E-state index contributed by atoms with van der Waals surface area (Å²) in [6.07, 6.45) is 0.417. The Hall–Kier alpha value is -2.85. The van der Waals surface area contributed by atoms with Gasteiger partial charge >= 0.3 is 0 Å². The number of rotatable bonds is 7. The second-order valence-corrected chi connectivity index (χ2v) is 11.8. The van der Waals surface area contributed by atoms with Crippen LogP contribution < -0.4 is 27.0 Å². The van der Waals surface area contributed by atoms with E-state index in [4.69, 9.17) is 4.74 Å². The summed E-state index contributed by atoms with van der Waals surface area (Å²) in [5, 5.41) is 5.80. The molecule has 3 heterocycles. The average molecular weight is 551 g/mol. The van der Waals surface area contributed by atoms with Crippen molar-refractivity contribution < 1.29 is 23.5 Å². The maximum Gasteiger partial charge on any atom is 0.254 e. The highest BCUT2D eigenvalue weighted by atomic mass is 19.1. The quantitative estimate of drug-likeness (QED) is 0.199. The number of hydrogen-bond donors (Lipinski definition) is 2. The van der Waals surface area contributed by atoms with Crippen LogP contribution in [-0.2, 0) is 32.2 Å². The van der Waals surface area contributed by atoms with Gasteiger partial charge in [0.05, 0.1) is 18.7 Å². The Morgan fingerprint density at radius 2 is 1.71 bits per heavy atom. The van der Waals surface area contributed by atoms with Gasteiger partial charge in [-0.1, -0.05) is 21.9 Å². The van der Waals surface area contributed by atoms with Gasteiger partial charge in [0, 0.05) is 50.3 Å². The van der Waals surface area contributed by atoms with Gasteiger partial charge in [-0.15, -0.1) is 12.1 Å². The maximum atomic E-state index is 15.7. The molecule has 1 unspecified atom stereocenters. The van der Waals surface area contributed by atoms with Crippen LogP contribution in [0.1, 0.15) is 24.0 Å². The minimum absolute atomic E-state index is 0.166. The van der Waals surface area contributed by atoms with Crippen molar-refractivity contribution in [2.24, 2.45) is 0 Å². The summed E-state index contributed by atoms with van der Waals surface area (Å²) in [6, 6.07) is 0. The lowest BCUT2D eigenvalue weighted by molar-refractivity contribution is -0.145. The Balaban J connectivity index is 1.68. The summed E-state index contributed by atoms with van der Waals surface area (Å²) < 4.78 is 21.2. The van der Waals surface area contributed by atoms with Gasteiger partial charge in [0.2, 0.25) is 11.8 Å². The van der Waals surface area contributed by atoms with E-state index in [1.54, 1.807) is 12.7 Å². The number of halogens is 1. The summed E-state index contributed by atoms with van der Waals surface area (Å²) >= 11 is 0. The molecule has 0 aliphatic carbocycles. The van der Waals surface area contributed by atoms with E-state index in [0.717, 1.165) is 58.2 Å². The van der Waals surface area contributed by atoms with Crippen molar-refractivity contribution in [1.29, 1.82) is 0 Å². The number of morpholine rings is 1. The van der Waals surface area contributed by atoms with Gasteiger partial charge in [-0.3, -0.25) is 24.6 Å². The second-order valence-electron chi connectivity index (χ2n) is 11.8. The van der Waals surface area contributed by atoms with Crippen LogP contribution in [0.2, 0.25) is 0 Å². The molecule has 208 valence electrons. The van der Waals surface area contributed by atoms with E-state index in [2.05, 4.69) is 22.1 Å². The van der Waals surface area contributed by atoms with Crippen molar-refractivity contribution in [3.05, 3.63) is 51.2 Å². The molecule has 0 spiro atoms. The molecule has 3 aliphatic heterocycles. The molecule has 1 aromatic carbocycles. The molecule has 3 saturated heterocycles. The number of hydrogen-bond acceptors (Lipinski definition) is 6. The zero-order chi connectivity index (χ0) is 30.2. The first kappa shape index (κ1) is 31.1. The van der Waals surface area contributed by atoms with Crippen LogP contribution in [0.5, 0.6) is 0 Å². The number of amides is 3. The first-order valence-corrected chi connectivity index (χ1v) is 14.3. The third-order valence-electron chi connectivity index (χ3n) is 9.25. The summed E-state index contributed by atoms with van der Waals surface area (Å²) in [7, 11) is 13.1. The van der Waals surface area contributed by atoms with E-state index in [0.29, 0.717) is 29.8 Å². The van der Waals surface area contributed by atoms with Gasteiger partial charge < -0.3 is 15.0 Å². The number of allylic oxidation sites excluding steroid dienone is 2. The summed E-state index contributed by atoms with van der Waals surface area (Å²) in [4.78, 5) is 42.5. The third kappa shape index (κ3) is 5.91. The number of benzene rings is 1. The van der Waals surface area contributed by atoms with Crippen LogP contribution in [-0.4, -0.2) is 121 Å². The number of carbonyl (C=O) groups excluding carboxylic acids is 3. The number of nitrogens with one attached hydrogen (secondary N) is 2. The molecule has 3 amide bonds. The van der Waals surface area contributed by atoms with Gasteiger partial charge in [0.25, 0.3) is 5.91 Å². The van der Waals surface area contributed by atoms with Gasteiger partial charge in [0.15, 0.2) is 7.85 Å². The van der Waals surface area contributed by atoms with Gasteiger partial charge in [-0.2, -0.15) is 0 Å². The predicted molar refractivity (Wildman–Crippen MR) is 178 cm³/mol. The Morgan fingerprint density at radius 1 is 1.05 bits per heavy atom. The minimum atomic E-state index is -1.15. The van der Waals surface area contributed by atoms with Crippen LogP contribution in [0.4, 0.5) is 4.39 Å². The number of piperidine rings is 1. The van der Waals surface area contributed by atoms with Crippen LogP contribution in [0.15, 0.2) is 34.3 Å². The largest absolute Gasteiger partial charge is 0.392 e. The SMILES string of the molecule is BC(=C)/C(B)=C1/C(=O)N(C2(B)CCC(=O)NC2=O)C/C1=C(/B)NCc1c(B)c(CN2CCOCC2)c(B)c(B)c1F. The van der Waals surface area contributed by atoms with Crippen LogP contribution in [0.3, 0.4) is 0 Å². The fourth-order valence-corrected chi connectivity index (χ4v) is 5.93. The van der Waals surface area contributed by atoms with Crippen LogP contribution in [0, 0.1) is 5.82 Å². The lowest BCUT2D eigenvalue weighted by atomic mass is 9.70. The van der Waals surface area contributed by atoms with E-state index in [-0.39, 0.29) is 43.6 Å². The number of carbonyl (C=O) groups is 3. The van der Waals surface area contributed by atoms with Crippen molar-refractivity contribution >= 4 is 89.0 Å². The summed E-state index contributed by atoms with van der Waals surface area (Å²) in [6.45, 7) is 8.34. The van der Waals surface area contributed by atoms with Gasteiger partial charge in [-0.25, -0.2) is 4.39 Å². The highest BCUT2D eigenvalue weighted by Gasteiger charge is 2.49. The molecule has 3 fully saturated rings. The molecular formula is C25H36B7FN4O4. The number of imide groups is 1. The average Bonchev–Trinajstić information content (AvgIpc) is 3.29. The molecule has 0 aromatic heterocycles. The van der Waals surface area contributed by atoms with Crippen molar-refractivity contribution in [1.82, 2.24) is 20.4 Å². The lowest BCUT2D eigenvalue weighted by Crippen LogP contribution is -2.63. The van der Waals surface area contributed by atoms with Gasteiger partial charge in [0.1, 0.15) is 52.9 Å². The van der Waals surface area contributed by atoms with Crippen LogP contribution in [0.25, 0.3) is 0 Å². The predicted octanol–water partition coefficient (Wildman–Crippen LogP) is -7.99. The maximum absolute atomic E-state index is 15.7. The molecular weight excluding hydrogens is 515 g/mol. The second kappa shape index (κ2) is 12.2. The molecule has 1 atom stereocenters. The molecule has 1 aromatic rings. The zero-order valence-corrected chi connectivity index (χ0v) is 25.5. The molecule has 16 heteroatoms. The smallest absolute Gasteiger partial charge is 0.254 e. The summed E-state index contributed by atoms with van der Waals surface area (Å²) in [5.74, 6) is -1.29. The van der Waals surface area contributed by atoms with E-state index < -0.39 is 11.3 Å². The minimum Gasteiger partial charge on any atom is -0.392 e. The third-order valence-corrected chi connectivity index (χ3v) is 9.25. The van der Waals surface area contributed by atoms with Crippen molar-refractivity contribution in [2.45, 2.75) is 31.4 Å². The zero-order valence-electron chi connectivity index (χ0n) is 25.5. The van der Waals surface area contributed by atoms with Crippen molar-refractivity contribution in [2.75, 3.05) is 32.8 Å². The monoisotopic (exact) mass is 552 g/mol. The molecule has 41 heavy (non-hydrogen) atoms. The number of ether oxygens (including phenoxy) is 1. The Labute approximate surface area is 248 Å². The highest BCUT2D eigenvalue weighted by molar-refractivity contribution is 6.51. The molecule has 8 nitrogen and oxygen atoms in total. The molecule has 0 bridgehead atoms. The Bertz CT molecular complexity index is 1400. The van der Waals surface area contributed by atoms with E-state index in [1.165, 1.54) is 0 Å². The van der Waals surface area contributed by atoms with E-state index in [9.17, 15) is 14.4 Å². The molecule has 0 radical (unpaired) electrons. The standard InChI is InChI=1S/C25H36B7FN4O4/c1-11(26)17(27)16-13(10-37(23(16)39)25(32)3-2-15(38)35-24(25)40)22(31)34-8-12-18(28)14(19(29)20(30)21(12)33)9-36-4-6-41-7-5-36/h34H,1-10,26-32H2,(H,35,38,40)/b17-16-,22-13+. The number of likely N-dealkylation sites (tertiary alicyclic amines) is 1. The fourth-order valence-electron chi connectivity index (χ4n) is 5.93. The first-order valence-electron chi connectivity index (χ1n) is 14.3. The van der Waals surface area contributed by atoms with Crippen molar-refractivity contribution in [3.63, 3.8) is 0 Å². The Kier molecular flexibility index (Phi) is 9.24. The van der Waals surface area contributed by atoms with Crippen LogP contribution >= 0.6 is 0 Å². The van der Waals surface area contributed by atoms with E-state index in [1.807, 2.05) is 47.1 Å². The lowest BCUT2D eigenvalue weighted by Gasteiger charge is -2.39. The normalized spacial score (nSPS) is 24.3. The molecule has 2 N–H and O–H groups in total.